The average Bonchev–Trinajstić information content (AvgIpc) is 3.24. The Morgan fingerprint density at radius 2 is 1.81 bits per heavy atom. The van der Waals surface area contributed by atoms with E-state index < -0.39 is 0 Å². The van der Waals surface area contributed by atoms with E-state index in [-0.39, 0.29) is 17.7 Å². The summed E-state index contributed by atoms with van der Waals surface area (Å²) in [6.07, 6.45) is 8.89. The van der Waals surface area contributed by atoms with Gasteiger partial charge in [-0.25, -0.2) is 4.98 Å². The van der Waals surface area contributed by atoms with Crippen molar-refractivity contribution in [2.75, 3.05) is 10.6 Å². The van der Waals surface area contributed by atoms with Crippen LogP contribution in [0.1, 0.15) is 48.3 Å². The zero-order chi connectivity index (χ0) is 22.3. The lowest BCUT2D eigenvalue weighted by Crippen LogP contribution is -2.24. The first-order valence-electron chi connectivity index (χ1n) is 11.0. The summed E-state index contributed by atoms with van der Waals surface area (Å²) in [6.45, 7) is 0.370. The highest BCUT2D eigenvalue weighted by molar-refractivity contribution is 6.05. The van der Waals surface area contributed by atoms with Gasteiger partial charge in [-0.3, -0.25) is 9.59 Å². The summed E-state index contributed by atoms with van der Waals surface area (Å²) >= 11 is 0. The number of hydrogen-bond acceptors (Lipinski definition) is 4. The number of aromatic nitrogens is 2. The molecule has 0 unspecified atom stereocenters. The van der Waals surface area contributed by atoms with Crippen molar-refractivity contribution >= 4 is 23.2 Å². The van der Waals surface area contributed by atoms with Gasteiger partial charge in [0, 0.05) is 42.3 Å². The average molecular weight is 433 g/mol. The number of anilines is 2. The van der Waals surface area contributed by atoms with Gasteiger partial charge < -0.3 is 19.9 Å². The second-order valence-corrected chi connectivity index (χ2v) is 8.13. The molecule has 1 saturated carbocycles. The van der Waals surface area contributed by atoms with E-state index in [0.29, 0.717) is 29.3 Å². The molecule has 0 atom stereocenters. The van der Waals surface area contributed by atoms with Crippen molar-refractivity contribution in [2.45, 2.75) is 38.7 Å². The van der Waals surface area contributed by atoms with Crippen LogP contribution in [0.5, 0.6) is 5.75 Å². The minimum atomic E-state index is -0.236. The Bertz CT molecular complexity index is 1070. The lowest BCUT2D eigenvalue weighted by Gasteiger charge is -2.20. The quantitative estimate of drug-likeness (QED) is 0.563. The number of hydrogen-bond donors (Lipinski definition) is 2. The minimum Gasteiger partial charge on any atom is -0.486 e. The predicted molar refractivity (Wildman–Crippen MR) is 124 cm³/mol. The van der Waals surface area contributed by atoms with E-state index in [1.807, 2.05) is 23.9 Å². The maximum atomic E-state index is 12.7. The van der Waals surface area contributed by atoms with Gasteiger partial charge in [-0.05, 0) is 55.3 Å². The maximum absolute atomic E-state index is 12.7. The molecule has 2 N–H and O–H groups in total. The molecule has 3 aromatic rings. The normalized spacial score (nSPS) is 14.0. The third-order valence-corrected chi connectivity index (χ3v) is 5.77. The van der Waals surface area contributed by atoms with Gasteiger partial charge in [0.1, 0.15) is 18.2 Å². The Kier molecular flexibility index (Phi) is 6.84. The van der Waals surface area contributed by atoms with Crippen LogP contribution in [0.25, 0.3) is 0 Å². The van der Waals surface area contributed by atoms with Gasteiger partial charge in [-0.2, -0.15) is 0 Å². The fraction of sp³-hybridized carbons (Fsp3) is 0.320. The highest BCUT2D eigenvalue weighted by Crippen LogP contribution is 2.25. The number of ether oxygens (including phenoxy) is 1. The highest BCUT2D eigenvalue weighted by Gasteiger charge is 2.21. The van der Waals surface area contributed by atoms with Crippen LogP contribution >= 0.6 is 0 Å². The minimum absolute atomic E-state index is 0.0448. The van der Waals surface area contributed by atoms with E-state index in [4.69, 9.17) is 4.74 Å². The molecule has 166 valence electrons. The Labute approximate surface area is 187 Å². The SMILES string of the molecule is Cn1ccnc1COc1ccc(NC(=O)c2cccc(NC(=O)C3CCCCC3)c2)cc1. The third-order valence-electron chi connectivity index (χ3n) is 5.77. The van der Waals surface area contributed by atoms with Crippen LogP contribution in [0.4, 0.5) is 11.4 Å². The second kappa shape index (κ2) is 10.1. The molecule has 7 heteroatoms. The Hall–Kier alpha value is -3.61. The Morgan fingerprint density at radius 3 is 2.53 bits per heavy atom. The number of imidazole rings is 1. The van der Waals surface area contributed by atoms with Crippen molar-refractivity contribution in [3.8, 4) is 5.75 Å². The van der Waals surface area contributed by atoms with E-state index >= 15 is 0 Å². The van der Waals surface area contributed by atoms with E-state index in [0.717, 1.165) is 31.5 Å². The number of rotatable bonds is 7. The van der Waals surface area contributed by atoms with Crippen LogP contribution in [0.3, 0.4) is 0 Å². The number of nitrogens with zero attached hydrogens (tertiary/aromatic N) is 2. The molecule has 0 bridgehead atoms. The molecule has 2 aromatic carbocycles. The van der Waals surface area contributed by atoms with Crippen LogP contribution < -0.4 is 15.4 Å². The van der Waals surface area contributed by atoms with Crippen LogP contribution in [0.2, 0.25) is 0 Å². The number of carbonyl (C=O) groups is 2. The summed E-state index contributed by atoms with van der Waals surface area (Å²) in [5.41, 5.74) is 1.80. The van der Waals surface area contributed by atoms with Crippen LogP contribution in [-0.2, 0) is 18.4 Å². The van der Waals surface area contributed by atoms with Gasteiger partial charge in [-0.1, -0.05) is 25.3 Å². The largest absolute Gasteiger partial charge is 0.486 e. The van der Waals surface area contributed by atoms with Crippen molar-refractivity contribution in [1.82, 2.24) is 9.55 Å². The monoisotopic (exact) mass is 432 g/mol. The summed E-state index contributed by atoms with van der Waals surface area (Å²) in [4.78, 5) is 29.4. The lowest BCUT2D eigenvalue weighted by molar-refractivity contribution is -0.120. The van der Waals surface area contributed by atoms with E-state index in [2.05, 4.69) is 15.6 Å². The number of aryl methyl sites for hydroxylation is 1. The molecule has 0 saturated heterocycles. The molecule has 1 aliphatic carbocycles. The van der Waals surface area contributed by atoms with Crippen molar-refractivity contribution in [3.05, 3.63) is 72.3 Å². The maximum Gasteiger partial charge on any atom is 0.255 e. The van der Waals surface area contributed by atoms with Crippen molar-refractivity contribution < 1.29 is 14.3 Å². The molecule has 2 amide bonds. The first kappa shape index (κ1) is 21.6. The van der Waals surface area contributed by atoms with E-state index in [9.17, 15) is 9.59 Å². The topological polar surface area (TPSA) is 85.2 Å². The molecule has 4 rings (SSSR count). The standard InChI is InChI=1S/C25H28N4O3/c1-29-15-14-26-23(29)17-32-22-12-10-20(11-13-22)27-25(31)19-8-5-9-21(16-19)28-24(30)18-6-3-2-4-7-18/h5,8-16,18H,2-4,6-7,17H2,1H3,(H,27,31)(H,28,30). The summed E-state index contributed by atoms with van der Waals surface area (Å²) in [7, 11) is 1.92. The molecule has 1 fully saturated rings. The summed E-state index contributed by atoms with van der Waals surface area (Å²) < 4.78 is 7.65. The smallest absolute Gasteiger partial charge is 0.255 e. The van der Waals surface area contributed by atoms with Crippen molar-refractivity contribution in [1.29, 1.82) is 0 Å². The van der Waals surface area contributed by atoms with Gasteiger partial charge >= 0.3 is 0 Å². The molecule has 0 radical (unpaired) electrons. The number of amides is 2. The fourth-order valence-electron chi connectivity index (χ4n) is 3.87. The first-order valence-corrected chi connectivity index (χ1v) is 11.0. The van der Waals surface area contributed by atoms with E-state index in [1.165, 1.54) is 6.42 Å². The predicted octanol–water partition coefficient (Wildman–Crippen LogP) is 4.77. The molecule has 0 spiro atoms. The van der Waals surface area contributed by atoms with Gasteiger partial charge in [0.05, 0.1) is 0 Å². The second-order valence-electron chi connectivity index (χ2n) is 8.13. The molecule has 32 heavy (non-hydrogen) atoms. The number of nitrogens with one attached hydrogen (secondary N) is 2. The fourth-order valence-corrected chi connectivity index (χ4v) is 3.87. The molecule has 7 nitrogen and oxygen atoms in total. The van der Waals surface area contributed by atoms with Crippen LogP contribution in [0, 0.1) is 5.92 Å². The Balaban J connectivity index is 1.32. The van der Waals surface area contributed by atoms with Crippen molar-refractivity contribution in [2.24, 2.45) is 13.0 Å². The first-order chi connectivity index (χ1) is 15.6. The van der Waals surface area contributed by atoms with Gasteiger partial charge in [-0.15, -0.1) is 0 Å². The number of benzene rings is 2. The van der Waals surface area contributed by atoms with Crippen molar-refractivity contribution in [3.63, 3.8) is 0 Å². The molecular formula is C25H28N4O3. The highest BCUT2D eigenvalue weighted by atomic mass is 16.5. The molecule has 1 aliphatic rings. The lowest BCUT2D eigenvalue weighted by atomic mass is 9.88. The van der Waals surface area contributed by atoms with Gasteiger partial charge in [0.25, 0.3) is 5.91 Å². The molecule has 1 aromatic heterocycles. The number of carbonyl (C=O) groups excluding carboxylic acids is 2. The van der Waals surface area contributed by atoms with Gasteiger partial charge in [0.2, 0.25) is 5.91 Å². The van der Waals surface area contributed by atoms with Crippen LogP contribution in [-0.4, -0.2) is 21.4 Å². The van der Waals surface area contributed by atoms with E-state index in [1.54, 1.807) is 48.7 Å². The third kappa shape index (κ3) is 5.55. The summed E-state index contributed by atoms with van der Waals surface area (Å²) in [5.74, 6) is 1.40. The summed E-state index contributed by atoms with van der Waals surface area (Å²) in [6, 6.07) is 14.2. The Morgan fingerprint density at radius 1 is 1.03 bits per heavy atom. The molecular weight excluding hydrogens is 404 g/mol. The zero-order valence-electron chi connectivity index (χ0n) is 18.2. The molecule has 1 heterocycles. The zero-order valence-corrected chi connectivity index (χ0v) is 18.2. The summed E-state index contributed by atoms with van der Waals surface area (Å²) in [5, 5.41) is 5.85. The van der Waals surface area contributed by atoms with Gasteiger partial charge in [0.15, 0.2) is 0 Å². The molecule has 0 aliphatic heterocycles. The van der Waals surface area contributed by atoms with Crippen LogP contribution in [0.15, 0.2) is 60.9 Å².